The smallest absolute Gasteiger partial charge is 0.176 e. The Labute approximate surface area is 82.9 Å². The molecule has 4 fully saturated rings. The quantitative estimate of drug-likeness (QED) is 0.471. The summed E-state index contributed by atoms with van der Waals surface area (Å²) in [6.07, 6.45) is 4.18. The zero-order valence-electron chi connectivity index (χ0n) is 8.11. The summed E-state index contributed by atoms with van der Waals surface area (Å²) >= 11 is 0. The summed E-state index contributed by atoms with van der Waals surface area (Å²) in [4.78, 5) is 0. The Hall–Kier alpha value is -0.610. The number of oxime groups is 1. The molecule has 4 nitrogen and oxygen atoms in total. The first kappa shape index (κ1) is 8.68. The second kappa shape index (κ2) is 2.94. The Morgan fingerprint density at radius 2 is 2.07 bits per heavy atom. The van der Waals surface area contributed by atoms with Crippen LogP contribution in [0.5, 0.6) is 0 Å². The molecule has 1 spiro atoms. The highest BCUT2D eigenvalue weighted by atomic mass is 16.7. The molecule has 2 bridgehead atoms. The van der Waals surface area contributed by atoms with Crippen LogP contribution >= 0.6 is 0 Å². The SMILES string of the molecule is O/N=C1\C[C@@H]2CC[C@H]1C1(C2)OCCO1. The van der Waals surface area contributed by atoms with Gasteiger partial charge in [-0.25, -0.2) is 0 Å². The fraction of sp³-hybridized carbons (Fsp3) is 0.900. The van der Waals surface area contributed by atoms with Crippen LogP contribution < -0.4 is 0 Å². The van der Waals surface area contributed by atoms with Gasteiger partial charge in [0.2, 0.25) is 0 Å². The second-order valence-corrected chi connectivity index (χ2v) is 4.50. The maximum Gasteiger partial charge on any atom is 0.176 e. The van der Waals surface area contributed by atoms with Crippen molar-refractivity contribution in [3.05, 3.63) is 0 Å². The molecule has 1 saturated heterocycles. The third kappa shape index (κ3) is 1.04. The van der Waals surface area contributed by atoms with E-state index in [9.17, 15) is 0 Å². The lowest BCUT2D eigenvalue weighted by Gasteiger charge is -2.47. The Morgan fingerprint density at radius 3 is 2.71 bits per heavy atom. The molecule has 0 unspecified atom stereocenters. The number of rotatable bonds is 0. The van der Waals surface area contributed by atoms with Crippen molar-refractivity contribution >= 4 is 5.71 Å². The summed E-state index contributed by atoms with van der Waals surface area (Å²) in [5.74, 6) is 0.354. The van der Waals surface area contributed by atoms with Crippen molar-refractivity contribution in [2.24, 2.45) is 17.0 Å². The van der Waals surface area contributed by atoms with Crippen LogP contribution in [0.3, 0.4) is 0 Å². The lowest BCUT2D eigenvalue weighted by Crippen LogP contribution is -2.53. The van der Waals surface area contributed by atoms with Crippen LogP contribution in [0.1, 0.15) is 25.7 Å². The Morgan fingerprint density at radius 1 is 1.29 bits per heavy atom. The lowest BCUT2D eigenvalue weighted by molar-refractivity contribution is -0.212. The Balaban J connectivity index is 1.94. The molecule has 4 aliphatic rings. The molecule has 0 amide bonds. The van der Waals surface area contributed by atoms with Crippen LogP contribution in [0.25, 0.3) is 0 Å². The van der Waals surface area contributed by atoms with E-state index in [4.69, 9.17) is 14.7 Å². The maximum absolute atomic E-state index is 8.93. The topological polar surface area (TPSA) is 51.1 Å². The van der Waals surface area contributed by atoms with E-state index in [0.29, 0.717) is 19.1 Å². The molecule has 0 radical (unpaired) electrons. The molecule has 0 aromatic rings. The predicted molar refractivity (Wildman–Crippen MR) is 49.3 cm³/mol. The molecule has 3 aliphatic carbocycles. The number of nitrogens with zero attached hydrogens (tertiary/aromatic N) is 1. The molecule has 0 aromatic heterocycles. The van der Waals surface area contributed by atoms with E-state index in [2.05, 4.69) is 5.16 Å². The minimum Gasteiger partial charge on any atom is -0.411 e. The van der Waals surface area contributed by atoms with Crippen molar-refractivity contribution in [1.82, 2.24) is 0 Å². The first-order valence-electron chi connectivity index (χ1n) is 5.33. The molecular formula is C10H15NO3. The van der Waals surface area contributed by atoms with Gasteiger partial charge in [0.05, 0.1) is 24.8 Å². The van der Waals surface area contributed by atoms with E-state index in [1.807, 2.05) is 0 Å². The minimum atomic E-state index is -0.428. The van der Waals surface area contributed by atoms with Gasteiger partial charge in [-0.3, -0.25) is 0 Å². The molecule has 4 heteroatoms. The molecule has 4 rings (SSSR count). The molecule has 3 saturated carbocycles. The third-order valence-corrected chi connectivity index (χ3v) is 3.77. The van der Waals surface area contributed by atoms with Crippen molar-refractivity contribution in [1.29, 1.82) is 0 Å². The van der Waals surface area contributed by atoms with E-state index in [-0.39, 0.29) is 5.92 Å². The fourth-order valence-corrected chi connectivity index (χ4v) is 3.20. The van der Waals surface area contributed by atoms with Gasteiger partial charge in [0.25, 0.3) is 0 Å². The van der Waals surface area contributed by atoms with Crippen molar-refractivity contribution in [3.8, 4) is 0 Å². The molecule has 0 aromatic carbocycles. The summed E-state index contributed by atoms with van der Waals surface area (Å²) in [6.45, 7) is 1.36. The Kier molecular flexibility index (Phi) is 1.82. The van der Waals surface area contributed by atoms with Gasteiger partial charge in [-0.2, -0.15) is 0 Å². The van der Waals surface area contributed by atoms with Crippen LogP contribution in [0.15, 0.2) is 5.16 Å². The monoisotopic (exact) mass is 197 g/mol. The lowest BCUT2D eigenvalue weighted by atomic mass is 9.66. The first-order valence-corrected chi connectivity index (χ1v) is 5.33. The third-order valence-electron chi connectivity index (χ3n) is 3.77. The van der Waals surface area contributed by atoms with Gasteiger partial charge in [-0.15, -0.1) is 0 Å². The molecule has 2 atom stereocenters. The van der Waals surface area contributed by atoms with Gasteiger partial charge in [0.1, 0.15) is 0 Å². The van der Waals surface area contributed by atoms with Gasteiger partial charge in [-0.1, -0.05) is 5.16 Å². The van der Waals surface area contributed by atoms with Gasteiger partial charge >= 0.3 is 0 Å². The number of fused-ring (bicyclic) bond motifs is 2. The zero-order valence-corrected chi connectivity index (χ0v) is 8.11. The van der Waals surface area contributed by atoms with Crippen LogP contribution in [0, 0.1) is 11.8 Å². The van der Waals surface area contributed by atoms with E-state index in [1.54, 1.807) is 0 Å². The normalized spacial score (nSPS) is 42.4. The zero-order chi connectivity index (χ0) is 9.60. The van der Waals surface area contributed by atoms with E-state index in [0.717, 1.165) is 25.0 Å². The highest BCUT2D eigenvalue weighted by Crippen LogP contribution is 2.49. The number of hydrogen-bond acceptors (Lipinski definition) is 4. The first-order chi connectivity index (χ1) is 6.84. The van der Waals surface area contributed by atoms with Crippen molar-refractivity contribution in [3.63, 3.8) is 0 Å². The largest absolute Gasteiger partial charge is 0.411 e. The minimum absolute atomic E-state index is 0.194. The van der Waals surface area contributed by atoms with Crippen LogP contribution in [-0.4, -0.2) is 29.9 Å². The van der Waals surface area contributed by atoms with E-state index >= 15 is 0 Å². The van der Waals surface area contributed by atoms with Gasteiger partial charge < -0.3 is 14.7 Å². The standard InChI is InChI=1S/C10H15NO3/c12-11-9-5-7-1-2-8(9)10(6-7)13-3-4-14-10/h7-8,12H,1-6H2/b11-9+/t7-,8+/m0/s1. The van der Waals surface area contributed by atoms with Gasteiger partial charge in [0.15, 0.2) is 5.79 Å². The molecule has 78 valence electrons. The van der Waals surface area contributed by atoms with Crippen molar-refractivity contribution in [2.45, 2.75) is 31.5 Å². The summed E-state index contributed by atoms with van der Waals surface area (Å²) in [6, 6.07) is 0. The number of hydrogen-bond donors (Lipinski definition) is 1. The Bertz CT molecular complexity index is 271. The van der Waals surface area contributed by atoms with E-state index in [1.165, 1.54) is 6.42 Å². The van der Waals surface area contributed by atoms with Crippen LogP contribution in [-0.2, 0) is 9.47 Å². The average molecular weight is 197 g/mol. The van der Waals surface area contributed by atoms with Crippen LogP contribution in [0.2, 0.25) is 0 Å². The maximum atomic E-state index is 8.93. The van der Waals surface area contributed by atoms with Crippen molar-refractivity contribution < 1.29 is 14.7 Å². The summed E-state index contributed by atoms with van der Waals surface area (Å²) in [5.41, 5.74) is 0.884. The molecular weight excluding hydrogens is 182 g/mol. The number of ether oxygens (including phenoxy) is 2. The van der Waals surface area contributed by atoms with E-state index < -0.39 is 5.79 Å². The van der Waals surface area contributed by atoms with Crippen LogP contribution in [0.4, 0.5) is 0 Å². The molecule has 1 N–H and O–H groups in total. The second-order valence-electron chi connectivity index (χ2n) is 4.50. The molecule has 1 aliphatic heterocycles. The molecule has 14 heavy (non-hydrogen) atoms. The van der Waals surface area contributed by atoms with Gasteiger partial charge in [-0.05, 0) is 25.2 Å². The molecule has 1 heterocycles. The highest BCUT2D eigenvalue weighted by molar-refractivity contribution is 5.89. The summed E-state index contributed by atoms with van der Waals surface area (Å²) in [5, 5.41) is 12.3. The van der Waals surface area contributed by atoms with Crippen molar-refractivity contribution in [2.75, 3.05) is 13.2 Å². The predicted octanol–water partition coefficient (Wildman–Crippen LogP) is 1.38. The van der Waals surface area contributed by atoms with Gasteiger partial charge in [0, 0.05) is 6.42 Å². The summed E-state index contributed by atoms with van der Waals surface area (Å²) in [7, 11) is 0. The fourth-order valence-electron chi connectivity index (χ4n) is 3.20. The summed E-state index contributed by atoms with van der Waals surface area (Å²) < 4.78 is 11.5. The highest BCUT2D eigenvalue weighted by Gasteiger charge is 2.54. The average Bonchev–Trinajstić information content (AvgIpc) is 2.67.